The first-order valence-corrected chi connectivity index (χ1v) is 9.37. The molecule has 2 N–H and O–H groups in total. The number of carbonyl (C=O) groups excluding carboxylic acids is 1. The highest BCUT2D eigenvalue weighted by Crippen LogP contribution is 2.27. The van der Waals surface area contributed by atoms with Gasteiger partial charge in [0.15, 0.2) is 0 Å². The fourth-order valence-electron chi connectivity index (χ4n) is 2.75. The van der Waals surface area contributed by atoms with E-state index in [1.54, 1.807) is 11.5 Å². The molecule has 1 amide bonds. The molecule has 8 heteroatoms. The molecule has 0 saturated carbocycles. The third kappa shape index (κ3) is 3.75. The van der Waals surface area contributed by atoms with Crippen LogP contribution in [0.15, 0.2) is 35.4 Å². The molecule has 7 nitrogen and oxygen atoms in total. The fraction of sp³-hybridized carbons (Fsp3) is 0.263. The maximum Gasteiger partial charge on any atom is 0.335 e. The highest BCUT2D eigenvalue weighted by atomic mass is 32.1. The summed E-state index contributed by atoms with van der Waals surface area (Å²) in [7, 11) is 0. The summed E-state index contributed by atoms with van der Waals surface area (Å²) < 4.78 is 1.58. The fourth-order valence-corrected chi connectivity index (χ4v) is 3.78. The second-order valence-corrected chi connectivity index (χ2v) is 7.17. The molecule has 0 saturated heterocycles. The summed E-state index contributed by atoms with van der Waals surface area (Å²) in [5.41, 5.74) is 1.10. The number of hydrogen-bond donors (Lipinski definition) is 2. The van der Waals surface area contributed by atoms with Crippen molar-refractivity contribution in [2.45, 2.75) is 33.2 Å². The molecule has 0 radical (unpaired) electrons. The van der Waals surface area contributed by atoms with Crippen LogP contribution in [0.2, 0.25) is 0 Å². The zero-order valence-corrected chi connectivity index (χ0v) is 15.8. The number of thiophene rings is 1. The van der Waals surface area contributed by atoms with Gasteiger partial charge in [-0.2, -0.15) is 0 Å². The molecule has 140 valence electrons. The standard InChI is InChI=1S/C19H19N3O4S/c1-3-4-9-22-10-20-17-14(18(22)24)11(2)15(27-17)16(23)21-13-7-5-12(6-8-13)19(25)26/h5-8,10H,3-4,9H2,1-2H3,(H,21,23)(H,25,26). The van der Waals surface area contributed by atoms with Crippen LogP contribution in [0.1, 0.15) is 45.4 Å². The Balaban J connectivity index is 1.90. The van der Waals surface area contributed by atoms with Gasteiger partial charge >= 0.3 is 5.97 Å². The molecule has 2 heterocycles. The Kier molecular flexibility index (Phi) is 5.36. The van der Waals surface area contributed by atoms with Crippen LogP contribution >= 0.6 is 11.3 Å². The third-order valence-electron chi connectivity index (χ3n) is 4.27. The van der Waals surface area contributed by atoms with E-state index in [-0.39, 0.29) is 17.0 Å². The number of carbonyl (C=O) groups is 2. The van der Waals surface area contributed by atoms with Crippen molar-refractivity contribution in [1.29, 1.82) is 0 Å². The van der Waals surface area contributed by atoms with Gasteiger partial charge in [-0.3, -0.25) is 14.2 Å². The van der Waals surface area contributed by atoms with Crippen LogP contribution in [-0.4, -0.2) is 26.5 Å². The van der Waals surface area contributed by atoms with Crippen molar-refractivity contribution < 1.29 is 14.7 Å². The highest BCUT2D eigenvalue weighted by Gasteiger charge is 2.19. The number of aromatic carboxylic acids is 1. The monoisotopic (exact) mass is 385 g/mol. The molecule has 0 aliphatic rings. The van der Waals surface area contributed by atoms with Gasteiger partial charge in [0.05, 0.1) is 22.2 Å². The summed E-state index contributed by atoms with van der Waals surface area (Å²) in [6.07, 6.45) is 3.39. The zero-order chi connectivity index (χ0) is 19.6. The van der Waals surface area contributed by atoms with Crippen LogP contribution in [0, 0.1) is 6.92 Å². The third-order valence-corrected chi connectivity index (χ3v) is 5.46. The highest BCUT2D eigenvalue weighted by molar-refractivity contribution is 7.20. The summed E-state index contributed by atoms with van der Waals surface area (Å²) in [6, 6.07) is 5.90. The number of nitrogens with one attached hydrogen (secondary N) is 1. The maximum atomic E-state index is 12.7. The summed E-state index contributed by atoms with van der Waals surface area (Å²) >= 11 is 1.18. The zero-order valence-electron chi connectivity index (χ0n) is 15.0. The smallest absolute Gasteiger partial charge is 0.335 e. The molecule has 0 unspecified atom stereocenters. The normalized spacial score (nSPS) is 10.9. The Labute approximate surface area is 159 Å². The first-order chi connectivity index (χ1) is 12.9. The number of carboxylic acid groups (broad SMARTS) is 1. The number of aromatic nitrogens is 2. The van der Waals surface area contributed by atoms with Crippen molar-refractivity contribution in [2.24, 2.45) is 0 Å². The van der Waals surface area contributed by atoms with Crippen LogP contribution in [0.4, 0.5) is 5.69 Å². The van der Waals surface area contributed by atoms with E-state index in [0.717, 1.165) is 12.8 Å². The molecule has 27 heavy (non-hydrogen) atoms. The first-order valence-electron chi connectivity index (χ1n) is 8.55. The molecular weight excluding hydrogens is 366 g/mol. The topological polar surface area (TPSA) is 101 Å². The van der Waals surface area contributed by atoms with Gasteiger partial charge in [-0.15, -0.1) is 11.3 Å². The van der Waals surface area contributed by atoms with Crippen LogP contribution in [-0.2, 0) is 6.54 Å². The van der Waals surface area contributed by atoms with Gasteiger partial charge < -0.3 is 10.4 Å². The Bertz CT molecular complexity index is 1070. The molecule has 0 atom stereocenters. The van der Waals surface area contributed by atoms with Crippen LogP contribution in [0.3, 0.4) is 0 Å². The molecule has 2 aromatic heterocycles. The lowest BCUT2D eigenvalue weighted by atomic mass is 10.2. The Hall–Kier alpha value is -3.00. The average Bonchev–Trinajstić information content (AvgIpc) is 2.99. The van der Waals surface area contributed by atoms with Gasteiger partial charge in [-0.25, -0.2) is 9.78 Å². The van der Waals surface area contributed by atoms with E-state index in [9.17, 15) is 14.4 Å². The number of anilines is 1. The largest absolute Gasteiger partial charge is 0.478 e. The van der Waals surface area contributed by atoms with Gasteiger partial charge in [0.25, 0.3) is 11.5 Å². The summed E-state index contributed by atoms with van der Waals surface area (Å²) in [5.74, 6) is -1.38. The number of hydrogen-bond acceptors (Lipinski definition) is 5. The molecule has 0 aliphatic carbocycles. The number of nitrogens with zero attached hydrogens (tertiary/aromatic N) is 2. The lowest BCUT2D eigenvalue weighted by molar-refractivity contribution is 0.0696. The minimum atomic E-state index is -1.03. The predicted molar refractivity (Wildman–Crippen MR) is 105 cm³/mol. The lowest BCUT2D eigenvalue weighted by Crippen LogP contribution is -2.20. The SMILES string of the molecule is CCCCn1cnc2sc(C(=O)Nc3ccc(C(=O)O)cc3)c(C)c2c1=O. The number of unbranched alkanes of at least 4 members (excludes halogenated alkanes) is 1. The van der Waals surface area contributed by atoms with Crippen LogP contribution < -0.4 is 10.9 Å². The minimum Gasteiger partial charge on any atom is -0.478 e. The molecule has 0 fully saturated rings. The van der Waals surface area contributed by atoms with Crippen molar-refractivity contribution in [3.05, 3.63) is 57.0 Å². The number of benzene rings is 1. The van der Waals surface area contributed by atoms with Crippen molar-refractivity contribution >= 4 is 39.1 Å². The summed E-state index contributed by atoms with van der Waals surface area (Å²) in [4.78, 5) is 41.5. The Morgan fingerprint density at radius 2 is 1.96 bits per heavy atom. The quantitative estimate of drug-likeness (QED) is 0.676. The second kappa shape index (κ2) is 7.71. The first kappa shape index (κ1) is 18.8. The van der Waals surface area contributed by atoms with E-state index in [0.29, 0.717) is 32.9 Å². The van der Waals surface area contributed by atoms with Crippen molar-refractivity contribution in [3.63, 3.8) is 0 Å². The number of rotatable bonds is 6. The van der Waals surface area contributed by atoms with E-state index in [4.69, 9.17) is 5.11 Å². The number of carboxylic acids is 1. The number of aryl methyl sites for hydroxylation is 2. The van der Waals surface area contributed by atoms with Gasteiger partial charge in [0.1, 0.15) is 4.83 Å². The predicted octanol–water partition coefficient (Wildman–Crippen LogP) is 3.52. The number of fused-ring (bicyclic) bond motifs is 1. The molecule has 3 rings (SSSR count). The van der Waals surface area contributed by atoms with E-state index in [1.807, 2.05) is 0 Å². The average molecular weight is 385 g/mol. The van der Waals surface area contributed by atoms with Crippen molar-refractivity contribution in [2.75, 3.05) is 5.32 Å². The molecular formula is C19H19N3O4S. The van der Waals surface area contributed by atoms with Crippen molar-refractivity contribution in [1.82, 2.24) is 9.55 Å². The van der Waals surface area contributed by atoms with Gasteiger partial charge in [-0.1, -0.05) is 13.3 Å². The van der Waals surface area contributed by atoms with Gasteiger partial charge in [0.2, 0.25) is 0 Å². The van der Waals surface area contributed by atoms with E-state index in [2.05, 4.69) is 17.2 Å². The minimum absolute atomic E-state index is 0.132. The Morgan fingerprint density at radius 1 is 1.26 bits per heavy atom. The molecule has 0 aliphatic heterocycles. The summed E-state index contributed by atoms with van der Waals surface area (Å²) in [6.45, 7) is 4.40. The lowest BCUT2D eigenvalue weighted by Gasteiger charge is -2.05. The molecule has 3 aromatic rings. The van der Waals surface area contributed by atoms with Crippen LogP contribution in [0.25, 0.3) is 10.2 Å². The van der Waals surface area contributed by atoms with Gasteiger partial charge in [0, 0.05) is 12.2 Å². The summed E-state index contributed by atoms with van der Waals surface area (Å²) in [5, 5.41) is 12.1. The Morgan fingerprint density at radius 3 is 2.59 bits per heavy atom. The second-order valence-electron chi connectivity index (χ2n) is 6.17. The van der Waals surface area contributed by atoms with E-state index >= 15 is 0 Å². The number of amides is 1. The molecule has 1 aromatic carbocycles. The van der Waals surface area contributed by atoms with Crippen molar-refractivity contribution in [3.8, 4) is 0 Å². The molecule has 0 bridgehead atoms. The van der Waals surface area contributed by atoms with Crippen LogP contribution in [0.5, 0.6) is 0 Å². The molecule has 0 spiro atoms. The van der Waals surface area contributed by atoms with E-state index < -0.39 is 5.97 Å². The maximum absolute atomic E-state index is 12.7. The van der Waals surface area contributed by atoms with Gasteiger partial charge in [-0.05, 0) is 43.2 Å². The van der Waals surface area contributed by atoms with E-state index in [1.165, 1.54) is 41.9 Å².